The van der Waals surface area contributed by atoms with E-state index in [0.29, 0.717) is 6.54 Å². The molecule has 0 spiro atoms. The van der Waals surface area contributed by atoms with Crippen LogP contribution in [0.5, 0.6) is 0 Å². The highest BCUT2D eigenvalue weighted by Crippen LogP contribution is 2.35. The molecule has 1 fully saturated rings. The maximum absolute atomic E-state index is 12.8. The standard InChI is InChI=1S/C18H25N3OS/c1-12-10-13(2)16-15(11-12)19-18(23-16)21(9-8-20(3)4)17(22)14-6-5-7-14/h10-11,14H,5-9H2,1-4H3. The zero-order chi connectivity index (χ0) is 16.6. The lowest BCUT2D eigenvalue weighted by Crippen LogP contribution is -2.42. The Morgan fingerprint density at radius 2 is 2.00 bits per heavy atom. The van der Waals surface area contributed by atoms with Crippen LogP contribution < -0.4 is 4.90 Å². The van der Waals surface area contributed by atoms with Gasteiger partial charge < -0.3 is 4.90 Å². The number of hydrogen-bond acceptors (Lipinski definition) is 4. The van der Waals surface area contributed by atoms with Crippen LogP contribution in [0.1, 0.15) is 30.4 Å². The lowest BCUT2D eigenvalue weighted by atomic mass is 9.84. The number of hydrogen-bond donors (Lipinski definition) is 0. The highest BCUT2D eigenvalue weighted by Gasteiger charge is 2.31. The molecule has 0 N–H and O–H groups in total. The molecule has 1 aromatic carbocycles. The van der Waals surface area contributed by atoms with Gasteiger partial charge in [0, 0.05) is 19.0 Å². The summed E-state index contributed by atoms with van der Waals surface area (Å²) in [5.41, 5.74) is 3.48. The molecule has 0 atom stereocenters. The first-order valence-electron chi connectivity index (χ1n) is 8.29. The molecule has 0 saturated heterocycles. The SMILES string of the molecule is Cc1cc(C)c2sc(N(CCN(C)C)C(=O)C3CCC3)nc2c1. The molecule has 0 bridgehead atoms. The van der Waals surface area contributed by atoms with Crippen molar-refractivity contribution in [1.82, 2.24) is 9.88 Å². The molecular formula is C18H25N3OS. The number of rotatable bonds is 5. The predicted octanol–water partition coefficient (Wildman–Crippen LogP) is 3.61. The Hall–Kier alpha value is -1.46. The third kappa shape index (κ3) is 3.40. The molecule has 1 heterocycles. The van der Waals surface area contributed by atoms with E-state index in [0.717, 1.165) is 30.0 Å². The van der Waals surface area contributed by atoms with Gasteiger partial charge >= 0.3 is 0 Å². The van der Waals surface area contributed by atoms with Gasteiger partial charge in [0.1, 0.15) is 0 Å². The van der Waals surface area contributed by atoms with Gasteiger partial charge in [-0.1, -0.05) is 23.8 Å². The van der Waals surface area contributed by atoms with E-state index in [1.165, 1.54) is 22.2 Å². The fourth-order valence-electron chi connectivity index (χ4n) is 2.96. The Balaban J connectivity index is 1.94. The third-order valence-corrected chi connectivity index (χ3v) is 5.76. The molecule has 1 saturated carbocycles. The summed E-state index contributed by atoms with van der Waals surface area (Å²) in [6.07, 6.45) is 3.23. The number of amides is 1. The van der Waals surface area contributed by atoms with E-state index >= 15 is 0 Å². The number of likely N-dealkylation sites (N-methyl/N-ethyl adjacent to an activating group) is 1. The smallest absolute Gasteiger partial charge is 0.231 e. The Morgan fingerprint density at radius 1 is 1.26 bits per heavy atom. The minimum Gasteiger partial charge on any atom is -0.308 e. The van der Waals surface area contributed by atoms with Crippen molar-refractivity contribution in [3.05, 3.63) is 23.3 Å². The van der Waals surface area contributed by atoms with Crippen LogP contribution >= 0.6 is 11.3 Å². The molecule has 1 aromatic heterocycles. The summed E-state index contributed by atoms with van der Waals surface area (Å²) < 4.78 is 1.20. The zero-order valence-corrected chi connectivity index (χ0v) is 15.2. The van der Waals surface area contributed by atoms with Crippen LogP contribution in [0.25, 0.3) is 10.2 Å². The fraction of sp³-hybridized carbons (Fsp3) is 0.556. The molecule has 1 aliphatic carbocycles. The van der Waals surface area contributed by atoms with E-state index in [1.54, 1.807) is 11.3 Å². The predicted molar refractivity (Wildman–Crippen MR) is 97.3 cm³/mol. The van der Waals surface area contributed by atoms with Crippen LogP contribution in [-0.2, 0) is 4.79 Å². The van der Waals surface area contributed by atoms with Gasteiger partial charge in [-0.25, -0.2) is 4.98 Å². The van der Waals surface area contributed by atoms with Crippen molar-refractivity contribution in [2.45, 2.75) is 33.1 Å². The summed E-state index contributed by atoms with van der Waals surface area (Å²) in [4.78, 5) is 21.7. The molecular weight excluding hydrogens is 306 g/mol. The number of nitrogens with zero attached hydrogens (tertiary/aromatic N) is 3. The van der Waals surface area contributed by atoms with E-state index in [1.807, 2.05) is 19.0 Å². The van der Waals surface area contributed by atoms with Gasteiger partial charge in [0.05, 0.1) is 10.2 Å². The molecule has 4 nitrogen and oxygen atoms in total. The molecule has 5 heteroatoms. The van der Waals surface area contributed by atoms with Crippen molar-refractivity contribution in [3.8, 4) is 0 Å². The highest BCUT2D eigenvalue weighted by atomic mass is 32.1. The first-order chi connectivity index (χ1) is 11.0. The van der Waals surface area contributed by atoms with Crippen LogP contribution in [0.3, 0.4) is 0 Å². The summed E-state index contributed by atoms with van der Waals surface area (Å²) in [6, 6.07) is 4.29. The zero-order valence-electron chi connectivity index (χ0n) is 14.4. The third-order valence-electron chi connectivity index (χ3n) is 4.53. The van der Waals surface area contributed by atoms with Crippen molar-refractivity contribution in [2.24, 2.45) is 5.92 Å². The molecule has 1 aliphatic rings. The van der Waals surface area contributed by atoms with Crippen molar-refractivity contribution in [3.63, 3.8) is 0 Å². The monoisotopic (exact) mass is 331 g/mol. The number of carbonyl (C=O) groups is 1. The largest absolute Gasteiger partial charge is 0.308 e. The number of aryl methyl sites for hydroxylation is 2. The summed E-state index contributed by atoms with van der Waals surface area (Å²) in [5, 5.41) is 0.854. The lowest BCUT2D eigenvalue weighted by Gasteiger charge is -2.30. The second kappa shape index (κ2) is 6.57. The molecule has 23 heavy (non-hydrogen) atoms. The van der Waals surface area contributed by atoms with Crippen molar-refractivity contribution < 1.29 is 4.79 Å². The first-order valence-corrected chi connectivity index (χ1v) is 9.11. The van der Waals surface area contributed by atoms with Crippen LogP contribution in [0, 0.1) is 19.8 Å². The fourth-order valence-corrected chi connectivity index (χ4v) is 4.00. The van der Waals surface area contributed by atoms with Gasteiger partial charge in [0.25, 0.3) is 0 Å². The van der Waals surface area contributed by atoms with Crippen molar-refractivity contribution in [2.75, 3.05) is 32.1 Å². The van der Waals surface area contributed by atoms with Gasteiger partial charge in [-0.15, -0.1) is 0 Å². The van der Waals surface area contributed by atoms with Crippen molar-refractivity contribution >= 4 is 32.6 Å². The Labute approximate surface area is 142 Å². The Bertz CT molecular complexity index is 718. The molecule has 0 unspecified atom stereocenters. The number of thiazole rings is 1. The van der Waals surface area contributed by atoms with Gasteiger partial charge in [-0.05, 0) is 58.0 Å². The first kappa shape index (κ1) is 16.4. The Kier molecular flexibility index (Phi) is 4.69. The number of carbonyl (C=O) groups excluding carboxylic acids is 1. The summed E-state index contributed by atoms with van der Waals surface area (Å²) in [7, 11) is 4.08. The normalized spacial score (nSPS) is 15.2. The molecule has 2 aromatic rings. The second-order valence-corrected chi connectivity index (χ2v) is 7.83. The van der Waals surface area contributed by atoms with Gasteiger partial charge in [0.2, 0.25) is 5.91 Å². The summed E-state index contributed by atoms with van der Waals surface area (Å²) >= 11 is 1.65. The summed E-state index contributed by atoms with van der Waals surface area (Å²) in [5.74, 6) is 0.457. The number of fused-ring (bicyclic) bond motifs is 1. The number of benzene rings is 1. The van der Waals surface area contributed by atoms with E-state index in [9.17, 15) is 4.79 Å². The lowest BCUT2D eigenvalue weighted by molar-refractivity contribution is -0.124. The Morgan fingerprint density at radius 3 is 2.61 bits per heavy atom. The quantitative estimate of drug-likeness (QED) is 0.840. The van der Waals surface area contributed by atoms with Gasteiger partial charge in [0.15, 0.2) is 5.13 Å². The maximum atomic E-state index is 12.8. The van der Waals surface area contributed by atoms with E-state index in [4.69, 9.17) is 4.98 Å². The van der Waals surface area contributed by atoms with Crippen LogP contribution in [0.2, 0.25) is 0 Å². The molecule has 124 valence electrons. The van der Waals surface area contributed by atoms with Gasteiger partial charge in [-0.2, -0.15) is 0 Å². The topological polar surface area (TPSA) is 36.4 Å². The van der Waals surface area contributed by atoms with Crippen LogP contribution in [0.15, 0.2) is 12.1 Å². The van der Waals surface area contributed by atoms with Crippen molar-refractivity contribution in [1.29, 1.82) is 0 Å². The minimum atomic E-state index is 0.201. The maximum Gasteiger partial charge on any atom is 0.231 e. The van der Waals surface area contributed by atoms with Crippen LogP contribution in [0.4, 0.5) is 5.13 Å². The van der Waals surface area contributed by atoms with E-state index in [2.05, 4.69) is 30.9 Å². The highest BCUT2D eigenvalue weighted by molar-refractivity contribution is 7.22. The molecule has 0 radical (unpaired) electrons. The average molecular weight is 331 g/mol. The van der Waals surface area contributed by atoms with Crippen LogP contribution in [-0.4, -0.2) is 43.0 Å². The average Bonchev–Trinajstić information content (AvgIpc) is 2.80. The number of anilines is 1. The molecule has 0 aliphatic heterocycles. The number of aromatic nitrogens is 1. The second-order valence-electron chi connectivity index (χ2n) is 6.85. The van der Waals surface area contributed by atoms with E-state index < -0.39 is 0 Å². The molecule has 1 amide bonds. The summed E-state index contributed by atoms with van der Waals surface area (Å²) in [6.45, 7) is 5.77. The molecule has 3 rings (SSSR count). The minimum absolute atomic E-state index is 0.201. The van der Waals surface area contributed by atoms with Gasteiger partial charge in [-0.3, -0.25) is 9.69 Å². The van der Waals surface area contributed by atoms with E-state index in [-0.39, 0.29) is 11.8 Å².